The zero-order valence-electron chi connectivity index (χ0n) is 8.03. The number of terminal acetylenes is 1. The smallest absolute Gasteiger partial charge is 0.0592 e. The molecule has 74 valence electrons. The van der Waals surface area contributed by atoms with Crippen LogP contribution in [0.2, 0.25) is 5.02 Å². The molecule has 2 aromatic carbocycles. The molecule has 0 N–H and O–H groups in total. The quantitative estimate of drug-likeness (QED) is 0.552. The summed E-state index contributed by atoms with van der Waals surface area (Å²) in [5, 5.41) is 3.13. The van der Waals surface area contributed by atoms with E-state index >= 15 is 0 Å². The molecule has 2 heteroatoms. The van der Waals surface area contributed by atoms with E-state index in [2.05, 4.69) is 24.1 Å². The number of benzene rings is 2. The minimum atomic E-state index is 0.707. The molecule has 0 aliphatic heterocycles. The van der Waals surface area contributed by atoms with Crippen LogP contribution < -0.4 is 0 Å². The third kappa shape index (κ3) is 2.47. The molecule has 0 aliphatic rings. The van der Waals surface area contributed by atoms with E-state index in [0.717, 1.165) is 10.4 Å². The van der Waals surface area contributed by atoms with Gasteiger partial charge >= 0.3 is 0 Å². The second-order valence-corrected chi connectivity index (χ2v) is 4.63. The van der Waals surface area contributed by atoms with E-state index < -0.39 is 0 Å². The number of thioether (sulfide) groups is 1. The van der Waals surface area contributed by atoms with Crippen molar-refractivity contribution in [3.63, 3.8) is 0 Å². The van der Waals surface area contributed by atoms with Gasteiger partial charge in [0.1, 0.15) is 0 Å². The maximum Gasteiger partial charge on any atom is 0.0592 e. The Morgan fingerprint density at radius 3 is 2.67 bits per heavy atom. The van der Waals surface area contributed by atoms with Gasteiger partial charge in [0.2, 0.25) is 0 Å². The van der Waals surface area contributed by atoms with Gasteiger partial charge in [0.25, 0.3) is 0 Å². The SMILES string of the molecule is C#CCSc1ccc2cc(Cl)ccc2c1. The molecule has 2 aromatic rings. The molecule has 0 aliphatic carbocycles. The first kappa shape index (κ1) is 10.4. The highest BCUT2D eigenvalue weighted by atomic mass is 35.5. The first-order valence-corrected chi connectivity index (χ1v) is 5.91. The van der Waals surface area contributed by atoms with Gasteiger partial charge in [0.15, 0.2) is 0 Å². The van der Waals surface area contributed by atoms with Gasteiger partial charge in [-0.15, -0.1) is 18.2 Å². The van der Waals surface area contributed by atoms with Crippen molar-refractivity contribution in [3.8, 4) is 12.3 Å². The maximum atomic E-state index is 5.91. The van der Waals surface area contributed by atoms with Crippen LogP contribution in [0.1, 0.15) is 0 Å². The van der Waals surface area contributed by atoms with Crippen LogP contribution in [-0.4, -0.2) is 5.75 Å². The van der Waals surface area contributed by atoms with Crippen LogP contribution in [0.25, 0.3) is 10.8 Å². The van der Waals surface area contributed by atoms with E-state index in [1.165, 1.54) is 10.3 Å². The summed E-state index contributed by atoms with van der Waals surface area (Å²) < 4.78 is 0. The lowest BCUT2D eigenvalue weighted by atomic mass is 10.1. The van der Waals surface area contributed by atoms with Crippen molar-refractivity contribution >= 4 is 34.1 Å². The number of hydrogen-bond acceptors (Lipinski definition) is 1. The molecule has 0 unspecified atom stereocenters. The maximum absolute atomic E-state index is 5.91. The van der Waals surface area contributed by atoms with E-state index in [1.54, 1.807) is 11.8 Å². The molecule has 15 heavy (non-hydrogen) atoms. The molecular formula is C13H9ClS. The lowest BCUT2D eigenvalue weighted by molar-refractivity contribution is 1.51. The molecule has 0 saturated carbocycles. The normalized spacial score (nSPS) is 10.1. The number of fused-ring (bicyclic) bond motifs is 1. The molecule has 0 radical (unpaired) electrons. The third-order valence-corrected chi connectivity index (χ3v) is 3.23. The van der Waals surface area contributed by atoms with E-state index in [-0.39, 0.29) is 0 Å². The fourth-order valence-corrected chi connectivity index (χ4v) is 2.21. The van der Waals surface area contributed by atoms with Crippen molar-refractivity contribution in [2.45, 2.75) is 4.90 Å². The average Bonchev–Trinajstić information content (AvgIpc) is 2.26. The van der Waals surface area contributed by atoms with E-state index in [1.807, 2.05) is 18.2 Å². The van der Waals surface area contributed by atoms with Gasteiger partial charge in [0, 0.05) is 9.92 Å². The van der Waals surface area contributed by atoms with Crippen LogP contribution in [0.15, 0.2) is 41.3 Å². The molecule has 0 nitrogen and oxygen atoms in total. The summed E-state index contributed by atoms with van der Waals surface area (Å²) in [7, 11) is 0. The van der Waals surface area contributed by atoms with Gasteiger partial charge in [0.05, 0.1) is 5.75 Å². The van der Waals surface area contributed by atoms with Crippen LogP contribution >= 0.6 is 23.4 Å². The summed E-state index contributed by atoms with van der Waals surface area (Å²) in [6.07, 6.45) is 5.22. The number of hydrogen-bond donors (Lipinski definition) is 0. The largest absolute Gasteiger partial charge is 0.119 e. The Hall–Kier alpha value is -1.10. The summed E-state index contributed by atoms with van der Waals surface area (Å²) in [5.74, 6) is 3.32. The standard InChI is InChI=1S/C13H9ClS/c1-2-7-15-13-6-4-10-8-12(14)5-3-11(10)9-13/h1,3-6,8-9H,7H2. The number of halogens is 1. The van der Waals surface area contributed by atoms with Crippen molar-refractivity contribution in [1.29, 1.82) is 0 Å². The summed E-state index contributed by atoms with van der Waals surface area (Å²) in [6.45, 7) is 0. The molecule has 0 amide bonds. The molecular weight excluding hydrogens is 224 g/mol. The Morgan fingerprint density at radius 1 is 1.13 bits per heavy atom. The van der Waals surface area contributed by atoms with Crippen molar-refractivity contribution in [2.75, 3.05) is 5.75 Å². The van der Waals surface area contributed by atoms with Crippen LogP contribution in [0.3, 0.4) is 0 Å². The van der Waals surface area contributed by atoms with E-state index in [9.17, 15) is 0 Å². The van der Waals surface area contributed by atoms with Gasteiger partial charge < -0.3 is 0 Å². The van der Waals surface area contributed by atoms with Gasteiger partial charge in [-0.25, -0.2) is 0 Å². The summed E-state index contributed by atoms with van der Waals surface area (Å²) >= 11 is 7.58. The Labute approximate surface area is 98.6 Å². The second-order valence-electron chi connectivity index (χ2n) is 3.15. The Balaban J connectivity index is 2.40. The Kier molecular flexibility index (Phi) is 3.20. The fourth-order valence-electron chi connectivity index (χ4n) is 1.41. The molecule has 0 spiro atoms. The highest BCUT2D eigenvalue weighted by Crippen LogP contribution is 2.25. The molecule has 0 bridgehead atoms. The lowest BCUT2D eigenvalue weighted by Crippen LogP contribution is -1.77. The highest BCUT2D eigenvalue weighted by molar-refractivity contribution is 7.99. The fraction of sp³-hybridized carbons (Fsp3) is 0.0769. The van der Waals surface area contributed by atoms with Crippen molar-refractivity contribution in [1.82, 2.24) is 0 Å². The third-order valence-electron chi connectivity index (χ3n) is 2.10. The Morgan fingerprint density at radius 2 is 1.87 bits per heavy atom. The topological polar surface area (TPSA) is 0 Å². The van der Waals surface area contributed by atoms with Crippen LogP contribution in [0.4, 0.5) is 0 Å². The summed E-state index contributed by atoms with van der Waals surface area (Å²) in [4.78, 5) is 1.20. The second kappa shape index (κ2) is 4.61. The van der Waals surface area contributed by atoms with Gasteiger partial charge in [-0.2, -0.15) is 0 Å². The monoisotopic (exact) mass is 232 g/mol. The molecule has 2 rings (SSSR count). The molecule has 0 fully saturated rings. The highest BCUT2D eigenvalue weighted by Gasteiger charge is 1.97. The van der Waals surface area contributed by atoms with Crippen LogP contribution in [0.5, 0.6) is 0 Å². The Bertz CT molecular complexity index is 526. The molecule has 0 atom stereocenters. The minimum Gasteiger partial charge on any atom is -0.119 e. The minimum absolute atomic E-state index is 0.707. The van der Waals surface area contributed by atoms with E-state index in [4.69, 9.17) is 18.0 Å². The molecule has 0 heterocycles. The summed E-state index contributed by atoms with van der Waals surface area (Å²) in [5.41, 5.74) is 0. The van der Waals surface area contributed by atoms with Crippen LogP contribution in [0, 0.1) is 12.3 Å². The predicted octanol–water partition coefficient (Wildman–Crippen LogP) is 4.22. The van der Waals surface area contributed by atoms with Crippen LogP contribution in [-0.2, 0) is 0 Å². The molecule has 0 saturated heterocycles. The van der Waals surface area contributed by atoms with Gasteiger partial charge in [-0.1, -0.05) is 29.7 Å². The zero-order valence-corrected chi connectivity index (χ0v) is 9.61. The van der Waals surface area contributed by atoms with Crippen molar-refractivity contribution < 1.29 is 0 Å². The van der Waals surface area contributed by atoms with Crippen molar-refractivity contribution in [2.24, 2.45) is 0 Å². The van der Waals surface area contributed by atoms with Gasteiger partial charge in [-0.3, -0.25) is 0 Å². The lowest BCUT2D eigenvalue weighted by Gasteiger charge is -2.02. The van der Waals surface area contributed by atoms with E-state index in [0.29, 0.717) is 5.75 Å². The first-order valence-electron chi connectivity index (χ1n) is 4.55. The zero-order chi connectivity index (χ0) is 10.7. The first-order chi connectivity index (χ1) is 7.29. The average molecular weight is 233 g/mol. The number of rotatable bonds is 2. The van der Waals surface area contributed by atoms with Crippen molar-refractivity contribution in [3.05, 3.63) is 41.4 Å². The summed E-state index contributed by atoms with van der Waals surface area (Å²) in [6, 6.07) is 12.2. The van der Waals surface area contributed by atoms with Gasteiger partial charge in [-0.05, 0) is 35.0 Å². The predicted molar refractivity (Wildman–Crippen MR) is 68.5 cm³/mol. The molecule has 0 aromatic heterocycles.